The number of urea groups is 1. The van der Waals surface area contributed by atoms with Gasteiger partial charge in [0.2, 0.25) is 5.91 Å². The maximum absolute atomic E-state index is 13.1. The van der Waals surface area contributed by atoms with Gasteiger partial charge in [0, 0.05) is 12.2 Å². The van der Waals surface area contributed by atoms with Crippen molar-refractivity contribution in [2.75, 3.05) is 11.9 Å². The van der Waals surface area contributed by atoms with Crippen LogP contribution in [0.25, 0.3) is 11.1 Å². The van der Waals surface area contributed by atoms with E-state index >= 15 is 0 Å². The van der Waals surface area contributed by atoms with Crippen LogP contribution in [0.4, 0.5) is 10.5 Å². The number of hydrogen-bond acceptors (Lipinski definition) is 3. The molecule has 3 aromatic rings. The first-order valence-corrected chi connectivity index (χ1v) is 12.6. The van der Waals surface area contributed by atoms with Crippen LogP contribution < -0.4 is 10.6 Å². The molecule has 7 nitrogen and oxygen atoms in total. The van der Waals surface area contributed by atoms with Gasteiger partial charge in [0.15, 0.2) is 0 Å². The van der Waals surface area contributed by atoms with E-state index in [1.165, 1.54) is 5.56 Å². The van der Waals surface area contributed by atoms with Crippen molar-refractivity contribution in [2.24, 2.45) is 0 Å². The van der Waals surface area contributed by atoms with E-state index in [2.05, 4.69) is 36.6 Å². The summed E-state index contributed by atoms with van der Waals surface area (Å²) in [4.78, 5) is 38.8. The third kappa shape index (κ3) is 6.17. The Labute approximate surface area is 217 Å². The van der Waals surface area contributed by atoms with Crippen LogP contribution >= 0.6 is 0 Å². The van der Waals surface area contributed by atoms with Gasteiger partial charge in [0.05, 0.1) is 11.6 Å². The Hall–Kier alpha value is -4.13. The van der Waals surface area contributed by atoms with Crippen LogP contribution in [-0.2, 0) is 4.79 Å². The third-order valence-corrected chi connectivity index (χ3v) is 6.88. The second kappa shape index (κ2) is 11.3. The second-order valence-electron chi connectivity index (χ2n) is 9.79. The summed E-state index contributed by atoms with van der Waals surface area (Å²) in [6.45, 7) is 6.78. The molecular weight excluding hydrogens is 466 g/mol. The highest BCUT2D eigenvalue weighted by Gasteiger charge is 2.34. The molecule has 2 atom stereocenters. The normalized spacial score (nSPS) is 15.9. The van der Waals surface area contributed by atoms with Gasteiger partial charge in [-0.15, -0.1) is 0 Å². The highest BCUT2D eigenvalue weighted by atomic mass is 16.4. The predicted molar refractivity (Wildman–Crippen MR) is 145 cm³/mol. The average Bonchev–Trinajstić information content (AvgIpc) is 3.40. The van der Waals surface area contributed by atoms with Gasteiger partial charge in [-0.25, -0.2) is 9.59 Å². The number of nitrogens with zero attached hydrogens (tertiary/aromatic N) is 1. The quantitative estimate of drug-likeness (QED) is 0.369. The average molecular weight is 500 g/mol. The molecule has 0 saturated carbocycles. The zero-order valence-electron chi connectivity index (χ0n) is 21.4. The Morgan fingerprint density at radius 2 is 1.41 bits per heavy atom. The number of amides is 3. The largest absolute Gasteiger partial charge is 0.478 e. The molecule has 4 rings (SSSR count). The molecule has 0 aliphatic carbocycles. The van der Waals surface area contributed by atoms with Crippen LogP contribution in [0.15, 0.2) is 72.8 Å². The van der Waals surface area contributed by atoms with Gasteiger partial charge in [-0.1, -0.05) is 62.4 Å². The van der Waals surface area contributed by atoms with Crippen molar-refractivity contribution in [2.45, 2.75) is 51.6 Å². The number of rotatable bonds is 7. The van der Waals surface area contributed by atoms with Gasteiger partial charge in [-0.3, -0.25) is 4.79 Å². The molecule has 3 N–H and O–H groups in total. The van der Waals surface area contributed by atoms with Crippen molar-refractivity contribution in [3.05, 3.63) is 89.5 Å². The van der Waals surface area contributed by atoms with Crippen LogP contribution in [0, 0.1) is 0 Å². The standard InChI is InChI=1S/C30H33N3O4/c1-19(2)21-6-8-22(9-7-21)20(3)31-30(37)33-18-4-5-27(33)28(34)32-26-16-14-24(15-17-26)23-10-12-25(13-11-23)29(35)36/h6-17,19-20,27H,4-5,18H2,1-3H3,(H,31,37)(H,32,34)(H,35,36)/t20?,27-/m0/s1. The van der Waals surface area contributed by atoms with Gasteiger partial charge in [-0.2, -0.15) is 0 Å². The number of carbonyl (C=O) groups is 3. The first-order valence-electron chi connectivity index (χ1n) is 12.6. The van der Waals surface area contributed by atoms with E-state index in [0.717, 1.165) is 23.1 Å². The monoisotopic (exact) mass is 499 g/mol. The first kappa shape index (κ1) is 25.9. The zero-order chi connectivity index (χ0) is 26.5. The van der Waals surface area contributed by atoms with E-state index < -0.39 is 12.0 Å². The molecule has 0 radical (unpaired) electrons. The minimum Gasteiger partial charge on any atom is -0.478 e. The Morgan fingerprint density at radius 1 is 0.838 bits per heavy atom. The van der Waals surface area contributed by atoms with Crippen LogP contribution in [0.1, 0.15) is 67.1 Å². The van der Waals surface area contributed by atoms with Crippen LogP contribution in [-0.4, -0.2) is 40.5 Å². The van der Waals surface area contributed by atoms with Crippen LogP contribution in [0.3, 0.4) is 0 Å². The molecule has 3 aromatic carbocycles. The summed E-state index contributed by atoms with van der Waals surface area (Å²) in [5, 5.41) is 15.0. The fraction of sp³-hybridized carbons (Fsp3) is 0.300. The fourth-order valence-corrected chi connectivity index (χ4v) is 4.58. The number of carboxylic acid groups (broad SMARTS) is 1. The molecule has 1 unspecified atom stereocenters. The Balaban J connectivity index is 1.36. The van der Waals surface area contributed by atoms with Gasteiger partial charge in [0.25, 0.3) is 0 Å². The molecule has 0 spiro atoms. The molecule has 37 heavy (non-hydrogen) atoms. The van der Waals surface area contributed by atoms with Crippen molar-refractivity contribution in [1.82, 2.24) is 10.2 Å². The highest BCUT2D eigenvalue weighted by molar-refractivity contribution is 5.97. The lowest BCUT2D eigenvalue weighted by Gasteiger charge is -2.26. The predicted octanol–water partition coefficient (Wildman–Crippen LogP) is 6.05. The molecule has 1 saturated heterocycles. The molecule has 7 heteroatoms. The first-order chi connectivity index (χ1) is 17.7. The number of anilines is 1. The molecule has 1 aliphatic rings. The third-order valence-electron chi connectivity index (χ3n) is 6.88. The Kier molecular flexibility index (Phi) is 7.92. The molecule has 3 amide bonds. The molecular formula is C30H33N3O4. The van der Waals surface area contributed by atoms with Gasteiger partial charge < -0.3 is 20.6 Å². The fourth-order valence-electron chi connectivity index (χ4n) is 4.58. The summed E-state index contributed by atoms with van der Waals surface area (Å²) in [6, 6.07) is 21.3. The number of likely N-dealkylation sites (tertiary alicyclic amines) is 1. The lowest BCUT2D eigenvalue weighted by molar-refractivity contribution is -0.119. The van der Waals surface area contributed by atoms with Crippen molar-refractivity contribution < 1.29 is 19.5 Å². The Morgan fingerprint density at radius 3 is 1.97 bits per heavy atom. The second-order valence-corrected chi connectivity index (χ2v) is 9.79. The van der Waals surface area contributed by atoms with Crippen LogP contribution in [0.5, 0.6) is 0 Å². The topological polar surface area (TPSA) is 98.7 Å². The smallest absolute Gasteiger partial charge is 0.335 e. The van der Waals surface area contributed by atoms with Crippen molar-refractivity contribution in [3.63, 3.8) is 0 Å². The summed E-state index contributed by atoms with van der Waals surface area (Å²) < 4.78 is 0. The van der Waals surface area contributed by atoms with Crippen molar-refractivity contribution in [1.29, 1.82) is 0 Å². The van der Waals surface area contributed by atoms with Gasteiger partial charge in [-0.05, 0) is 72.2 Å². The number of nitrogens with one attached hydrogen (secondary N) is 2. The number of hydrogen-bond donors (Lipinski definition) is 3. The SMILES string of the molecule is CC(C)c1ccc(C(C)NC(=O)N2CCC[C@H]2C(=O)Nc2ccc(-c3ccc(C(=O)O)cc3)cc2)cc1. The summed E-state index contributed by atoms with van der Waals surface area (Å²) in [7, 11) is 0. The number of carboxylic acids is 1. The summed E-state index contributed by atoms with van der Waals surface area (Å²) in [5.74, 6) is -0.724. The molecule has 0 aromatic heterocycles. The minimum atomic E-state index is -0.964. The lowest BCUT2D eigenvalue weighted by atomic mass is 10.00. The van der Waals surface area contributed by atoms with E-state index in [1.807, 2.05) is 31.2 Å². The van der Waals surface area contributed by atoms with E-state index in [0.29, 0.717) is 24.6 Å². The van der Waals surface area contributed by atoms with Crippen molar-refractivity contribution >= 4 is 23.6 Å². The van der Waals surface area contributed by atoms with E-state index in [4.69, 9.17) is 5.11 Å². The van der Waals surface area contributed by atoms with E-state index in [9.17, 15) is 14.4 Å². The molecule has 1 fully saturated rings. The summed E-state index contributed by atoms with van der Waals surface area (Å²) in [6.07, 6.45) is 1.39. The zero-order valence-corrected chi connectivity index (χ0v) is 21.4. The van der Waals surface area contributed by atoms with Crippen molar-refractivity contribution in [3.8, 4) is 11.1 Å². The van der Waals surface area contributed by atoms with E-state index in [1.54, 1.807) is 41.3 Å². The number of carbonyl (C=O) groups excluding carboxylic acids is 2. The Bertz CT molecular complexity index is 1250. The maximum Gasteiger partial charge on any atom is 0.335 e. The molecule has 1 aliphatic heterocycles. The minimum absolute atomic E-state index is 0.171. The lowest BCUT2D eigenvalue weighted by Crippen LogP contribution is -2.48. The maximum atomic E-state index is 13.1. The van der Waals surface area contributed by atoms with Gasteiger partial charge in [0.1, 0.15) is 6.04 Å². The summed E-state index contributed by atoms with van der Waals surface area (Å²) in [5.41, 5.74) is 4.94. The number of benzene rings is 3. The number of aromatic carboxylic acids is 1. The highest BCUT2D eigenvalue weighted by Crippen LogP contribution is 2.25. The van der Waals surface area contributed by atoms with Crippen LogP contribution in [0.2, 0.25) is 0 Å². The summed E-state index contributed by atoms with van der Waals surface area (Å²) >= 11 is 0. The molecule has 0 bridgehead atoms. The van der Waals surface area contributed by atoms with Gasteiger partial charge >= 0.3 is 12.0 Å². The van der Waals surface area contributed by atoms with E-state index in [-0.39, 0.29) is 23.5 Å². The molecule has 1 heterocycles. The molecule has 192 valence electrons.